The maximum atomic E-state index is 5.55. The molecule has 0 saturated carbocycles. The van der Waals surface area contributed by atoms with E-state index in [9.17, 15) is 0 Å². The first-order valence-corrected chi connectivity index (χ1v) is 6.55. The summed E-state index contributed by atoms with van der Waals surface area (Å²) >= 11 is 0. The van der Waals surface area contributed by atoms with Gasteiger partial charge in [-0.3, -0.25) is 4.90 Å². The van der Waals surface area contributed by atoms with Gasteiger partial charge in [-0.05, 0) is 34.1 Å². The Bertz CT molecular complexity index is 206. The molecule has 1 aliphatic heterocycles. The summed E-state index contributed by atoms with van der Waals surface area (Å²) in [6, 6.07) is 1.19. The third kappa shape index (κ3) is 3.72. The molecule has 1 fully saturated rings. The van der Waals surface area contributed by atoms with Gasteiger partial charge in [0, 0.05) is 30.7 Å². The molecule has 1 N–H and O–H groups in total. The van der Waals surface area contributed by atoms with Gasteiger partial charge < -0.3 is 10.1 Å². The first kappa shape index (κ1) is 13.9. The normalized spacial score (nSPS) is 25.3. The third-order valence-electron chi connectivity index (χ3n) is 3.62. The minimum absolute atomic E-state index is 0.175. The van der Waals surface area contributed by atoms with Crippen LogP contribution in [0.2, 0.25) is 0 Å². The Morgan fingerprint density at radius 1 is 1.38 bits per heavy atom. The topological polar surface area (TPSA) is 24.5 Å². The molecule has 1 rings (SSSR count). The monoisotopic (exact) mass is 228 g/mol. The summed E-state index contributed by atoms with van der Waals surface area (Å²) in [6.45, 7) is 15.2. The van der Waals surface area contributed by atoms with Crippen LogP contribution < -0.4 is 5.32 Å². The molecule has 0 aromatic rings. The van der Waals surface area contributed by atoms with Crippen molar-refractivity contribution in [3.05, 3.63) is 0 Å². The van der Waals surface area contributed by atoms with Gasteiger partial charge in [-0.1, -0.05) is 6.92 Å². The molecule has 3 heteroatoms. The van der Waals surface area contributed by atoms with Gasteiger partial charge in [0.2, 0.25) is 0 Å². The van der Waals surface area contributed by atoms with Crippen LogP contribution in [0.3, 0.4) is 0 Å². The van der Waals surface area contributed by atoms with Crippen molar-refractivity contribution >= 4 is 0 Å². The van der Waals surface area contributed by atoms with Gasteiger partial charge in [-0.2, -0.15) is 0 Å². The van der Waals surface area contributed by atoms with E-state index >= 15 is 0 Å². The van der Waals surface area contributed by atoms with Crippen molar-refractivity contribution in [1.29, 1.82) is 0 Å². The Balaban J connectivity index is 2.42. The average molecular weight is 228 g/mol. The molecule has 2 atom stereocenters. The average Bonchev–Trinajstić information content (AvgIpc) is 2.24. The van der Waals surface area contributed by atoms with Gasteiger partial charge in [-0.25, -0.2) is 0 Å². The fourth-order valence-electron chi connectivity index (χ4n) is 2.31. The van der Waals surface area contributed by atoms with Gasteiger partial charge in [-0.15, -0.1) is 0 Å². The van der Waals surface area contributed by atoms with Crippen molar-refractivity contribution in [3.63, 3.8) is 0 Å². The van der Waals surface area contributed by atoms with Crippen molar-refractivity contribution in [3.8, 4) is 0 Å². The lowest BCUT2D eigenvalue weighted by Gasteiger charge is -2.45. The number of ether oxygens (including phenoxy) is 1. The quantitative estimate of drug-likeness (QED) is 0.777. The zero-order chi connectivity index (χ0) is 12.2. The van der Waals surface area contributed by atoms with Gasteiger partial charge in [0.05, 0.1) is 13.2 Å². The van der Waals surface area contributed by atoms with Crippen LogP contribution in [0.1, 0.15) is 41.0 Å². The highest BCUT2D eigenvalue weighted by Crippen LogP contribution is 2.21. The lowest BCUT2D eigenvalue weighted by molar-refractivity contribution is -0.0684. The number of nitrogens with zero attached hydrogens (tertiary/aromatic N) is 1. The zero-order valence-electron chi connectivity index (χ0n) is 11.5. The Morgan fingerprint density at radius 2 is 2.06 bits per heavy atom. The van der Waals surface area contributed by atoms with Crippen LogP contribution in [0, 0.1) is 0 Å². The van der Waals surface area contributed by atoms with E-state index in [0.717, 1.165) is 26.3 Å². The van der Waals surface area contributed by atoms with Crippen LogP contribution in [0.5, 0.6) is 0 Å². The van der Waals surface area contributed by atoms with E-state index in [4.69, 9.17) is 4.74 Å². The highest BCUT2D eigenvalue weighted by Gasteiger charge is 2.33. The molecule has 1 aliphatic rings. The smallest absolute Gasteiger partial charge is 0.0645 e. The predicted molar refractivity (Wildman–Crippen MR) is 68.8 cm³/mol. The summed E-state index contributed by atoms with van der Waals surface area (Å²) in [5.74, 6) is 0. The van der Waals surface area contributed by atoms with Crippen LogP contribution >= 0.6 is 0 Å². The Morgan fingerprint density at radius 3 is 2.62 bits per heavy atom. The zero-order valence-corrected chi connectivity index (χ0v) is 11.5. The summed E-state index contributed by atoms with van der Waals surface area (Å²) in [4.78, 5) is 2.56. The van der Waals surface area contributed by atoms with Crippen LogP contribution in [0.4, 0.5) is 0 Å². The van der Waals surface area contributed by atoms with Crippen molar-refractivity contribution < 1.29 is 4.74 Å². The molecule has 0 amide bonds. The summed E-state index contributed by atoms with van der Waals surface area (Å²) < 4.78 is 5.55. The van der Waals surface area contributed by atoms with E-state index in [-0.39, 0.29) is 5.54 Å². The number of hydrogen-bond acceptors (Lipinski definition) is 3. The molecule has 0 aromatic heterocycles. The minimum atomic E-state index is 0.175. The lowest BCUT2D eigenvalue weighted by Crippen LogP contribution is -2.58. The van der Waals surface area contributed by atoms with Gasteiger partial charge in [0.25, 0.3) is 0 Å². The second-order valence-electron chi connectivity index (χ2n) is 5.62. The molecular weight excluding hydrogens is 200 g/mol. The van der Waals surface area contributed by atoms with E-state index in [0.29, 0.717) is 12.1 Å². The van der Waals surface area contributed by atoms with Crippen LogP contribution in [0.15, 0.2) is 0 Å². The SMILES string of the molecule is CCC(C)NCC(C)N1CCOCC1(C)C. The molecule has 2 unspecified atom stereocenters. The third-order valence-corrected chi connectivity index (χ3v) is 3.62. The lowest BCUT2D eigenvalue weighted by atomic mass is 10.00. The van der Waals surface area contributed by atoms with E-state index in [2.05, 4.69) is 44.8 Å². The van der Waals surface area contributed by atoms with Crippen molar-refractivity contribution in [1.82, 2.24) is 10.2 Å². The van der Waals surface area contributed by atoms with E-state index in [1.54, 1.807) is 0 Å². The molecule has 0 aliphatic carbocycles. The summed E-state index contributed by atoms with van der Waals surface area (Å²) in [7, 11) is 0. The molecule has 1 heterocycles. The summed E-state index contributed by atoms with van der Waals surface area (Å²) in [5, 5.41) is 3.58. The molecule has 1 saturated heterocycles. The molecule has 3 nitrogen and oxygen atoms in total. The fraction of sp³-hybridized carbons (Fsp3) is 1.00. The Labute approximate surface area is 101 Å². The van der Waals surface area contributed by atoms with Crippen LogP contribution in [-0.2, 0) is 4.74 Å². The fourth-order valence-corrected chi connectivity index (χ4v) is 2.31. The van der Waals surface area contributed by atoms with Crippen LogP contribution in [0.25, 0.3) is 0 Å². The highest BCUT2D eigenvalue weighted by molar-refractivity contribution is 4.88. The maximum absolute atomic E-state index is 5.55. The molecule has 0 radical (unpaired) electrons. The number of nitrogens with one attached hydrogen (secondary N) is 1. The second-order valence-corrected chi connectivity index (χ2v) is 5.62. The largest absolute Gasteiger partial charge is 0.378 e. The molecular formula is C13H28N2O. The maximum Gasteiger partial charge on any atom is 0.0645 e. The number of morpholine rings is 1. The Kier molecular flexibility index (Phi) is 5.22. The molecule has 16 heavy (non-hydrogen) atoms. The standard InChI is InChI=1S/C13H28N2O/c1-6-11(2)14-9-12(3)15-7-8-16-10-13(15,4)5/h11-12,14H,6-10H2,1-5H3. The second kappa shape index (κ2) is 5.99. The molecule has 0 aromatic carbocycles. The Hall–Kier alpha value is -0.120. The van der Waals surface area contributed by atoms with Gasteiger partial charge in [0.1, 0.15) is 0 Å². The number of rotatable bonds is 5. The van der Waals surface area contributed by atoms with Gasteiger partial charge >= 0.3 is 0 Å². The summed E-state index contributed by atoms with van der Waals surface area (Å²) in [5.41, 5.74) is 0.175. The predicted octanol–water partition coefficient (Wildman–Crippen LogP) is 1.87. The van der Waals surface area contributed by atoms with E-state index in [1.807, 2.05) is 0 Å². The molecule has 96 valence electrons. The molecule has 0 bridgehead atoms. The van der Waals surface area contributed by atoms with E-state index in [1.165, 1.54) is 6.42 Å². The van der Waals surface area contributed by atoms with Crippen molar-refractivity contribution in [2.24, 2.45) is 0 Å². The first-order chi connectivity index (χ1) is 7.47. The van der Waals surface area contributed by atoms with Gasteiger partial charge in [0.15, 0.2) is 0 Å². The first-order valence-electron chi connectivity index (χ1n) is 6.55. The van der Waals surface area contributed by atoms with Crippen molar-refractivity contribution in [2.45, 2.75) is 58.7 Å². The highest BCUT2D eigenvalue weighted by atomic mass is 16.5. The number of hydrogen-bond donors (Lipinski definition) is 1. The van der Waals surface area contributed by atoms with E-state index < -0.39 is 0 Å². The minimum Gasteiger partial charge on any atom is -0.378 e. The summed E-state index contributed by atoms with van der Waals surface area (Å²) in [6.07, 6.45) is 1.19. The van der Waals surface area contributed by atoms with Crippen LogP contribution in [-0.4, -0.2) is 48.8 Å². The molecule has 0 spiro atoms. The van der Waals surface area contributed by atoms with Crippen molar-refractivity contribution in [2.75, 3.05) is 26.3 Å².